The monoisotopic (exact) mass is 426 g/mol. The third-order valence-corrected chi connectivity index (χ3v) is 5.43. The van der Waals surface area contributed by atoms with Crippen LogP contribution in [0.5, 0.6) is 5.75 Å². The van der Waals surface area contributed by atoms with Crippen molar-refractivity contribution in [2.24, 2.45) is 0 Å². The predicted octanol–water partition coefficient (Wildman–Crippen LogP) is 4.56. The van der Waals surface area contributed by atoms with Gasteiger partial charge in [0.25, 0.3) is 0 Å². The Morgan fingerprint density at radius 1 is 0.963 bits per heavy atom. The number of nitrogens with zero attached hydrogens (tertiary/aromatic N) is 4. The first-order chi connectivity index (χ1) is 13.3. The van der Waals surface area contributed by atoms with Gasteiger partial charge in [0.2, 0.25) is 0 Å². The Balaban J connectivity index is 1.39. The van der Waals surface area contributed by atoms with Crippen LogP contribution >= 0.6 is 15.9 Å². The lowest BCUT2D eigenvalue weighted by Gasteiger charge is -2.26. The van der Waals surface area contributed by atoms with Gasteiger partial charge < -0.3 is 4.74 Å². The molecule has 0 N–H and O–H groups in total. The molecule has 1 aliphatic rings. The van der Waals surface area contributed by atoms with Gasteiger partial charge in [-0.3, -0.25) is 9.88 Å². The fourth-order valence-corrected chi connectivity index (χ4v) is 3.86. The van der Waals surface area contributed by atoms with Crippen LogP contribution in [-0.2, 0) is 0 Å². The number of aromatic nitrogens is 3. The van der Waals surface area contributed by atoms with Gasteiger partial charge in [-0.05, 0) is 78.3 Å². The van der Waals surface area contributed by atoms with E-state index >= 15 is 0 Å². The van der Waals surface area contributed by atoms with Crippen molar-refractivity contribution >= 4 is 15.9 Å². The quantitative estimate of drug-likeness (QED) is 0.579. The standard InChI is InChI=1S/C21H23BrN4O/c22-20-16-26(24-21(20)17-8-10-23-11-9-17)18-4-6-19(7-5-18)27-15-14-25-12-2-1-3-13-25/h4-11,16H,1-3,12-15H2. The zero-order valence-electron chi connectivity index (χ0n) is 15.2. The molecule has 1 fully saturated rings. The second kappa shape index (κ2) is 8.67. The SMILES string of the molecule is Brc1cn(-c2ccc(OCCN3CCCCC3)cc2)nc1-c1ccncc1. The molecule has 0 radical (unpaired) electrons. The predicted molar refractivity (Wildman–Crippen MR) is 110 cm³/mol. The van der Waals surface area contributed by atoms with E-state index in [0.717, 1.165) is 40.3 Å². The largest absolute Gasteiger partial charge is 0.492 e. The number of hydrogen-bond donors (Lipinski definition) is 0. The maximum atomic E-state index is 5.91. The molecule has 0 amide bonds. The van der Waals surface area contributed by atoms with Crippen molar-refractivity contribution in [3.63, 3.8) is 0 Å². The van der Waals surface area contributed by atoms with Gasteiger partial charge in [-0.25, -0.2) is 4.68 Å². The number of hydrogen-bond acceptors (Lipinski definition) is 4. The summed E-state index contributed by atoms with van der Waals surface area (Å²) in [7, 11) is 0. The maximum absolute atomic E-state index is 5.91. The van der Waals surface area contributed by atoms with Crippen LogP contribution in [0.25, 0.3) is 16.9 Å². The number of halogens is 1. The molecule has 1 aliphatic heterocycles. The van der Waals surface area contributed by atoms with Crippen molar-refractivity contribution in [3.8, 4) is 22.7 Å². The highest BCUT2D eigenvalue weighted by Crippen LogP contribution is 2.27. The lowest BCUT2D eigenvalue weighted by molar-refractivity contribution is 0.183. The summed E-state index contributed by atoms with van der Waals surface area (Å²) in [6.07, 6.45) is 9.52. The molecule has 0 saturated carbocycles. The van der Waals surface area contributed by atoms with Gasteiger partial charge in [0.1, 0.15) is 18.1 Å². The number of rotatable bonds is 6. The van der Waals surface area contributed by atoms with Crippen LogP contribution in [0.1, 0.15) is 19.3 Å². The average molecular weight is 427 g/mol. The molecule has 2 aromatic heterocycles. The maximum Gasteiger partial charge on any atom is 0.119 e. The number of likely N-dealkylation sites (tertiary alicyclic amines) is 1. The van der Waals surface area contributed by atoms with E-state index in [2.05, 4.69) is 25.8 Å². The highest BCUT2D eigenvalue weighted by molar-refractivity contribution is 9.10. The molecule has 27 heavy (non-hydrogen) atoms. The van der Waals surface area contributed by atoms with E-state index in [4.69, 9.17) is 9.84 Å². The topological polar surface area (TPSA) is 43.2 Å². The molecular formula is C21H23BrN4O. The first-order valence-electron chi connectivity index (χ1n) is 9.41. The number of benzene rings is 1. The minimum absolute atomic E-state index is 0.735. The molecule has 0 atom stereocenters. The van der Waals surface area contributed by atoms with Crippen molar-refractivity contribution in [1.82, 2.24) is 19.7 Å². The van der Waals surface area contributed by atoms with Crippen LogP contribution in [0.4, 0.5) is 0 Å². The summed E-state index contributed by atoms with van der Waals surface area (Å²) in [6, 6.07) is 12.0. The highest BCUT2D eigenvalue weighted by atomic mass is 79.9. The van der Waals surface area contributed by atoms with E-state index in [9.17, 15) is 0 Å². The van der Waals surface area contributed by atoms with Gasteiger partial charge in [0.15, 0.2) is 0 Å². The van der Waals surface area contributed by atoms with E-state index in [1.807, 2.05) is 47.3 Å². The molecule has 0 spiro atoms. The molecule has 140 valence electrons. The molecule has 4 rings (SSSR count). The third kappa shape index (κ3) is 4.57. The number of piperidine rings is 1. The second-order valence-electron chi connectivity index (χ2n) is 6.75. The van der Waals surface area contributed by atoms with Gasteiger partial charge in [0.05, 0.1) is 10.2 Å². The van der Waals surface area contributed by atoms with E-state index < -0.39 is 0 Å². The zero-order valence-corrected chi connectivity index (χ0v) is 16.8. The van der Waals surface area contributed by atoms with Crippen molar-refractivity contribution in [1.29, 1.82) is 0 Å². The first-order valence-corrected chi connectivity index (χ1v) is 10.2. The molecule has 0 bridgehead atoms. The Kier molecular flexibility index (Phi) is 5.84. The van der Waals surface area contributed by atoms with E-state index in [0.29, 0.717) is 0 Å². The Hall–Kier alpha value is -2.18. The minimum Gasteiger partial charge on any atom is -0.492 e. The minimum atomic E-state index is 0.735. The molecule has 3 aromatic rings. The Bertz CT molecular complexity index is 858. The molecular weight excluding hydrogens is 404 g/mol. The summed E-state index contributed by atoms with van der Waals surface area (Å²) in [5.74, 6) is 0.899. The second-order valence-corrected chi connectivity index (χ2v) is 7.61. The van der Waals surface area contributed by atoms with Crippen molar-refractivity contribution < 1.29 is 4.74 Å². The van der Waals surface area contributed by atoms with Crippen LogP contribution in [0.3, 0.4) is 0 Å². The van der Waals surface area contributed by atoms with Gasteiger partial charge >= 0.3 is 0 Å². The Morgan fingerprint density at radius 3 is 2.44 bits per heavy atom. The summed E-state index contributed by atoms with van der Waals surface area (Å²) >= 11 is 3.60. The van der Waals surface area contributed by atoms with Crippen LogP contribution in [0, 0.1) is 0 Å². The zero-order chi connectivity index (χ0) is 18.5. The summed E-state index contributed by atoms with van der Waals surface area (Å²) in [4.78, 5) is 6.55. The fourth-order valence-electron chi connectivity index (χ4n) is 3.36. The summed E-state index contributed by atoms with van der Waals surface area (Å²) in [6.45, 7) is 4.15. The molecule has 1 saturated heterocycles. The molecule has 0 aliphatic carbocycles. The van der Waals surface area contributed by atoms with Crippen LogP contribution in [0.2, 0.25) is 0 Å². The van der Waals surface area contributed by atoms with Gasteiger partial charge in [-0.15, -0.1) is 0 Å². The van der Waals surface area contributed by atoms with Gasteiger partial charge in [-0.1, -0.05) is 6.42 Å². The van der Waals surface area contributed by atoms with E-state index in [1.54, 1.807) is 12.4 Å². The van der Waals surface area contributed by atoms with Crippen LogP contribution in [0.15, 0.2) is 59.5 Å². The molecule has 5 nitrogen and oxygen atoms in total. The lowest BCUT2D eigenvalue weighted by Crippen LogP contribution is -2.33. The smallest absolute Gasteiger partial charge is 0.119 e. The Morgan fingerprint density at radius 2 is 1.70 bits per heavy atom. The molecule has 3 heterocycles. The number of ether oxygens (including phenoxy) is 1. The van der Waals surface area contributed by atoms with Crippen molar-refractivity contribution in [2.75, 3.05) is 26.2 Å². The summed E-state index contributed by atoms with van der Waals surface area (Å²) in [5.41, 5.74) is 2.94. The number of pyridine rings is 1. The lowest BCUT2D eigenvalue weighted by atomic mass is 10.1. The Labute approximate surface area is 168 Å². The highest BCUT2D eigenvalue weighted by Gasteiger charge is 2.11. The van der Waals surface area contributed by atoms with Crippen LogP contribution in [-0.4, -0.2) is 45.9 Å². The molecule has 0 unspecified atom stereocenters. The average Bonchev–Trinajstić information content (AvgIpc) is 3.12. The molecule has 6 heteroatoms. The fraction of sp³-hybridized carbons (Fsp3) is 0.333. The summed E-state index contributed by atoms with van der Waals surface area (Å²) < 4.78 is 8.74. The van der Waals surface area contributed by atoms with E-state index in [1.165, 1.54) is 32.4 Å². The third-order valence-electron chi connectivity index (χ3n) is 4.85. The molecule has 1 aromatic carbocycles. The normalized spacial score (nSPS) is 15.0. The first kappa shape index (κ1) is 18.2. The van der Waals surface area contributed by atoms with E-state index in [-0.39, 0.29) is 0 Å². The van der Waals surface area contributed by atoms with Gasteiger partial charge in [0, 0.05) is 30.7 Å². The van der Waals surface area contributed by atoms with Crippen molar-refractivity contribution in [2.45, 2.75) is 19.3 Å². The van der Waals surface area contributed by atoms with Crippen LogP contribution < -0.4 is 4.74 Å². The summed E-state index contributed by atoms with van der Waals surface area (Å²) in [5, 5.41) is 4.70. The van der Waals surface area contributed by atoms with Gasteiger partial charge in [-0.2, -0.15) is 5.10 Å². The van der Waals surface area contributed by atoms with Crippen molar-refractivity contribution in [3.05, 3.63) is 59.5 Å².